The maximum Gasteiger partial charge on any atom is 0.417 e. The molecule has 0 aromatic carbocycles. The van der Waals surface area contributed by atoms with Crippen molar-refractivity contribution in [1.82, 2.24) is 19.9 Å². The number of nitrogens with one attached hydrogen (secondary N) is 1. The van der Waals surface area contributed by atoms with E-state index >= 15 is 0 Å². The fourth-order valence-electron chi connectivity index (χ4n) is 4.45. The molecule has 1 unspecified atom stereocenters. The molecular formula is C28H30N8O4. The monoisotopic (exact) mass is 542 g/mol. The van der Waals surface area contributed by atoms with E-state index in [0.717, 1.165) is 0 Å². The summed E-state index contributed by atoms with van der Waals surface area (Å²) in [6, 6.07) is 8.84. The lowest BCUT2D eigenvalue weighted by Gasteiger charge is -2.29. The minimum atomic E-state index is -0.836. The van der Waals surface area contributed by atoms with Crippen molar-refractivity contribution >= 4 is 29.5 Å². The van der Waals surface area contributed by atoms with Crippen molar-refractivity contribution in [3.8, 4) is 17.3 Å². The zero-order chi connectivity index (χ0) is 28.4. The minimum Gasteiger partial charge on any atom is -0.447 e. The van der Waals surface area contributed by atoms with Gasteiger partial charge in [0.15, 0.2) is 0 Å². The molecule has 12 nitrogen and oxygen atoms in total. The molecule has 2 amide bonds. The highest BCUT2D eigenvalue weighted by Gasteiger charge is 2.34. The van der Waals surface area contributed by atoms with Crippen LogP contribution in [0.4, 0.5) is 22.2 Å². The van der Waals surface area contributed by atoms with E-state index in [1.165, 1.54) is 11.1 Å². The number of anilines is 3. The number of aryl methyl sites for hydroxylation is 1. The van der Waals surface area contributed by atoms with E-state index in [-0.39, 0.29) is 24.5 Å². The summed E-state index contributed by atoms with van der Waals surface area (Å²) in [7, 11) is 0. The van der Waals surface area contributed by atoms with Crippen LogP contribution in [0.1, 0.15) is 42.5 Å². The molecule has 2 aliphatic rings. The number of ether oxygens (including phenoxy) is 2. The molecule has 12 heteroatoms. The Bertz CT molecular complexity index is 1500. The van der Waals surface area contributed by atoms with Gasteiger partial charge in [0.05, 0.1) is 54.0 Å². The SMILES string of the molecule is Cc1ncc(NC(=O)c2ccnc(C(C)(C)C#N)c2)cc1-c1cc(N2CCOCC2)nc(N2C(=O)OCC2C)n1. The van der Waals surface area contributed by atoms with Crippen LogP contribution >= 0.6 is 0 Å². The highest BCUT2D eigenvalue weighted by atomic mass is 16.6. The molecule has 0 radical (unpaired) electrons. The van der Waals surface area contributed by atoms with Gasteiger partial charge in [-0.15, -0.1) is 0 Å². The first-order chi connectivity index (χ1) is 19.2. The Balaban J connectivity index is 1.50. The molecule has 3 aromatic rings. The third-order valence-corrected chi connectivity index (χ3v) is 6.90. The van der Waals surface area contributed by atoms with Crippen LogP contribution in [0.15, 0.2) is 36.7 Å². The van der Waals surface area contributed by atoms with E-state index in [2.05, 4.69) is 26.3 Å². The van der Waals surface area contributed by atoms with Gasteiger partial charge in [0, 0.05) is 42.2 Å². The molecule has 2 fully saturated rings. The third-order valence-electron chi connectivity index (χ3n) is 6.90. The molecule has 206 valence electrons. The molecule has 40 heavy (non-hydrogen) atoms. The topological polar surface area (TPSA) is 146 Å². The summed E-state index contributed by atoms with van der Waals surface area (Å²) in [5.41, 5.74) is 2.43. The van der Waals surface area contributed by atoms with Gasteiger partial charge in [-0.1, -0.05) is 0 Å². The number of hydrogen-bond acceptors (Lipinski definition) is 10. The number of carbonyl (C=O) groups is 2. The molecule has 0 bridgehead atoms. The number of aromatic nitrogens is 4. The molecule has 1 atom stereocenters. The fraction of sp³-hybridized carbons (Fsp3) is 0.393. The summed E-state index contributed by atoms with van der Waals surface area (Å²) in [6.07, 6.45) is 2.59. The first-order valence-electron chi connectivity index (χ1n) is 13.0. The van der Waals surface area contributed by atoms with Gasteiger partial charge >= 0.3 is 6.09 Å². The lowest BCUT2D eigenvalue weighted by atomic mass is 9.90. The minimum absolute atomic E-state index is 0.221. The second kappa shape index (κ2) is 10.9. The van der Waals surface area contributed by atoms with Gasteiger partial charge in [0.25, 0.3) is 5.91 Å². The van der Waals surface area contributed by atoms with Crippen molar-refractivity contribution < 1.29 is 19.1 Å². The predicted octanol–water partition coefficient (Wildman–Crippen LogP) is 3.48. The van der Waals surface area contributed by atoms with E-state index in [1.807, 2.05) is 19.9 Å². The number of nitriles is 1. The van der Waals surface area contributed by atoms with Gasteiger partial charge in [0.1, 0.15) is 12.4 Å². The van der Waals surface area contributed by atoms with E-state index in [4.69, 9.17) is 19.4 Å². The standard InChI is InChI=1S/C28H30N8O4/c1-17-15-40-27(38)36(17)26-33-22(13-24(34-26)35-7-9-39-10-8-35)21-12-20(14-31-18(21)2)32-25(37)19-5-6-30-23(11-19)28(3,4)16-29/h5-6,11-14,17H,7-10,15H2,1-4H3,(H,32,37). The number of amides is 2. The number of morpholine rings is 1. The Morgan fingerprint density at radius 2 is 1.95 bits per heavy atom. The number of pyridine rings is 2. The highest BCUT2D eigenvalue weighted by molar-refractivity contribution is 6.04. The third kappa shape index (κ3) is 5.41. The van der Waals surface area contributed by atoms with Gasteiger partial charge in [-0.05, 0) is 45.9 Å². The van der Waals surface area contributed by atoms with Crippen molar-refractivity contribution in [3.63, 3.8) is 0 Å². The van der Waals surface area contributed by atoms with Crippen LogP contribution in [0, 0.1) is 18.3 Å². The summed E-state index contributed by atoms with van der Waals surface area (Å²) < 4.78 is 10.7. The van der Waals surface area contributed by atoms with Crippen LogP contribution in [-0.2, 0) is 14.9 Å². The molecule has 5 heterocycles. The number of nitrogens with zero attached hydrogens (tertiary/aromatic N) is 7. The fourth-order valence-corrected chi connectivity index (χ4v) is 4.45. The maximum atomic E-state index is 13.1. The zero-order valence-electron chi connectivity index (χ0n) is 22.8. The molecule has 0 aliphatic carbocycles. The largest absolute Gasteiger partial charge is 0.447 e. The van der Waals surface area contributed by atoms with Gasteiger partial charge in [-0.25, -0.2) is 14.7 Å². The second-order valence-electron chi connectivity index (χ2n) is 10.3. The van der Waals surface area contributed by atoms with E-state index in [9.17, 15) is 14.9 Å². The number of rotatable bonds is 6. The molecule has 1 N–H and O–H groups in total. The first-order valence-corrected chi connectivity index (χ1v) is 13.0. The van der Waals surface area contributed by atoms with Gasteiger partial charge in [-0.3, -0.25) is 14.8 Å². The normalized spacial score (nSPS) is 17.4. The maximum absolute atomic E-state index is 13.1. The Labute approximate surface area is 232 Å². The average Bonchev–Trinajstić information content (AvgIpc) is 3.31. The highest BCUT2D eigenvalue weighted by Crippen LogP contribution is 2.31. The second-order valence-corrected chi connectivity index (χ2v) is 10.3. The van der Waals surface area contributed by atoms with Gasteiger partial charge in [-0.2, -0.15) is 10.2 Å². The van der Waals surface area contributed by atoms with Crippen molar-refractivity contribution in [2.24, 2.45) is 0 Å². The smallest absolute Gasteiger partial charge is 0.417 e. The molecular weight excluding hydrogens is 512 g/mol. The summed E-state index contributed by atoms with van der Waals surface area (Å²) in [4.78, 5) is 47.4. The lowest BCUT2D eigenvalue weighted by Crippen LogP contribution is -2.38. The van der Waals surface area contributed by atoms with Crippen LogP contribution in [0.25, 0.3) is 11.3 Å². The van der Waals surface area contributed by atoms with Crippen LogP contribution in [0.2, 0.25) is 0 Å². The number of cyclic esters (lactones) is 1. The van der Waals surface area contributed by atoms with E-state index in [1.54, 1.807) is 38.2 Å². The van der Waals surface area contributed by atoms with Crippen LogP contribution in [0.5, 0.6) is 0 Å². The van der Waals surface area contributed by atoms with Crippen molar-refractivity contribution in [2.45, 2.75) is 39.2 Å². The summed E-state index contributed by atoms with van der Waals surface area (Å²) in [5, 5.41) is 12.3. The Morgan fingerprint density at radius 1 is 1.18 bits per heavy atom. The Kier molecular flexibility index (Phi) is 7.32. The molecule has 2 saturated heterocycles. The predicted molar refractivity (Wildman–Crippen MR) is 147 cm³/mol. The molecule has 5 rings (SSSR count). The van der Waals surface area contributed by atoms with Crippen molar-refractivity contribution in [3.05, 3.63) is 53.6 Å². The molecule has 3 aromatic heterocycles. The Morgan fingerprint density at radius 3 is 2.65 bits per heavy atom. The first kappa shape index (κ1) is 27.0. The zero-order valence-corrected chi connectivity index (χ0v) is 22.8. The van der Waals surface area contributed by atoms with E-state index in [0.29, 0.717) is 66.0 Å². The molecule has 0 saturated carbocycles. The summed E-state index contributed by atoms with van der Waals surface area (Å²) in [5.74, 6) is 0.542. The quantitative estimate of drug-likeness (QED) is 0.491. The van der Waals surface area contributed by atoms with Crippen LogP contribution in [0.3, 0.4) is 0 Å². The Hall–Kier alpha value is -4.63. The average molecular weight is 543 g/mol. The number of hydrogen-bond donors (Lipinski definition) is 1. The van der Waals surface area contributed by atoms with Gasteiger partial charge in [0.2, 0.25) is 5.95 Å². The van der Waals surface area contributed by atoms with Crippen molar-refractivity contribution in [1.29, 1.82) is 5.26 Å². The lowest BCUT2D eigenvalue weighted by molar-refractivity contribution is 0.102. The van der Waals surface area contributed by atoms with E-state index < -0.39 is 11.5 Å². The summed E-state index contributed by atoms with van der Waals surface area (Å²) in [6.45, 7) is 9.92. The number of carbonyl (C=O) groups excluding carboxylic acids is 2. The summed E-state index contributed by atoms with van der Waals surface area (Å²) >= 11 is 0. The van der Waals surface area contributed by atoms with Gasteiger partial charge < -0.3 is 19.7 Å². The van der Waals surface area contributed by atoms with Crippen LogP contribution < -0.4 is 15.1 Å². The molecule has 0 spiro atoms. The van der Waals surface area contributed by atoms with Crippen molar-refractivity contribution in [2.75, 3.05) is 48.0 Å². The van der Waals surface area contributed by atoms with Crippen LogP contribution in [-0.4, -0.2) is 70.9 Å². The molecule has 2 aliphatic heterocycles.